The van der Waals surface area contributed by atoms with E-state index >= 15 is 0 Å². The van der Waals surface area contributed by atoms with Crippen LogP contribution in [0.5, 0.6) is 11.5 Å². The molecule has 0 spiro atoms. The average Bonchev–Trinajstić information content (AvgIpc) is 2.65. The Labute approximate surface area is 179 Å². The van der Waals surface area contributed by atoms with Crippen LogP contribution in [0.15, 0.2) is 24.3 Å². The van der Waals surface area contributed by atoms with Gasteiger partial charge >= 0.3 is 0 Å². The van der Waals surface area contributed by atoms with Gasteiger partial charge in [-0.2, -0.15) is 0 Å². The van der Waals surface area contributed by atoms with E-state index in [1.165, 1.54) is 0 Å². The average molecular weight is 418 g/mol. The van der Waals surface area contributed by atoms with E-state index in [9.17, 15) is 4.79 Å². The maximum atomic E-state index is 12.7. The van der Waals surface area contributed by atoms with Crippen molar-refractivity contribution in [2.24, 2.45) is 0 Å². The van der Waals surface area contributed by atoms with Crippen LogP contribution in [0.3, 0.4) is 0 Å². The topological polar surface area (TPSA) is 47.6 Å². The summed E-state index contributed by atoms with van der Waals surface area (Å²) >= 11 is 6.21. The van der Waals surface area contributed by atoms with Crippen LogP contribution in [0.25, 0.3) is 0 Å². The number of hydrogen-bond acceptors (Lipinski definition) is 3. The van der Waals surface area contributed by atoms with Gasteiger partial charge in [0.15, 0.2) is 6.10 Å². The van der Waals surface area contributed by atoms with Gasteiger partial charge in [0.1, 0.15) is 11.5 Å². The second-order valence-corrected chi connectivity index (χ2v) is 8.34. The molecule has 2 aromatic carbocycles. The summed E-state index contributed by atoms with van der Waals surface area (Å²) < 4.78 is 11.4. The number of benzene rings is 2. The van der Waals surface area contributed by atoms with Crippen molar-refractivity contribution in [3.63, 3.8) is 0 Å². The summed E-state index contributed by atoms with van der Waals surface area (Å²) in [6.07, 6.45) is -0.624. The second kappa shape index (κ2) is 9.53. The first-order valence-corrected chi connectivity index (χ1v) is 10.3. The lowest BCUT2D eigenvalue weighted by atomic mass is 9.93. The lowest BCUT2D eigenvalue weighted by Crippen LogP contribution is -2.38. The Hall–Kier alpha value is -2.20. The minimum atomic E-state index is -0.624. The Bertz CT molecular complexity index is 869. The summed E-state index contributed by atoms with van der Waals surface area (Å²) in [5.41, 5.74) is 5.14. The SMILES string of the molecule is COc1cc(C)c(C(C)NC(=O)C(C)Oc2cc(C)c(Cl)c(C)c2)cc1C(C)C. The predicted molar refractivity (Wildman–Crippen MR) is 119 cm³/mol. The van der Waals surface area contributed by atoms with Gasteiger partial charge in [-0.15, -0.1) is 0 Å². The van der Waals surface area contributed by atoms with Crippen LogP contribution in [0.1, 0.15) is 67.5 Å². The largest absolute Gasteiger partial charge is 0.496 e. The number of nitrogens with one attached hydrogen (secondary N) is 1. The Morgan fingerprint density at radius 3 is 2.03 bits per heavy atom. The molecular weight excluding hydrogens is 386 g/mol. The van der Waals surface area contributed by atoms with Crippen LogP contribution < -0.4 is 14.8 Å². The summed E-state index contributed by atoms with van der Waals surface area (Å²) in [5, 5.41) is 3.79. The molecule has 0 saturated carbocycles. The summed E-state index contributed by atoms with van der Waals surface area (Å²) in [7, 11) is 1.69. The lowest BCUT2D eigenvalue weighted by molar-refractivity contribution is -0.127. The molecule has 2 aromatic rings. The Morgan fingerprint density at radius 1 is 0.931 bits per heavy atom. The molecule has 4 nitrogen and oxygen atoms in total. The number of methoxy groups -OCH3 is 1. The molecule has 0 fully saturated rings. The maximum absolute atomic E-state index is 12.7. The highest BCUT2D eigenvalue weighted by atomic mass is 35.5. The zero-order valence-electron chi connectivity index (χ0n) is 18.6. The van der Waals surface area contributed by atoms with Crippen LogP contribution in [-0.2, 0) is 4.79 Å². The molecule has 0 bridgehead atoms. The van der Waals surface area contributed by atoms with Crippen molar-refractivity contribution in [1.82, 2.24) is 5.32 Å². The summed E-state index contributed by atoms with van der Waals surface area (Å²) in [4.78, 5) is 12.7. The van der Waals surface area contributed by atoms with Crippen molar-refractivity contribution in [2.75, 3.05) is 7.11 Å². The van der Waals surface area contributed by atoms with Crippen molar-refractivity contribution >= 4 is 17.5 Å². The van der Waals surface area contributed by atoms with Gasteiger partial charge in [-0.05, 0) is 92.6 Å². The Morgan fingerprint density at radius 2 is 1.52 bits per heavy atom. The van der Waals surface area contributed by atoms with Gasteiger partial charge in [0.25, 0.3) is 5.91 Å². The third-order valence-corrected chi connectivity index (χ3v) is 5.75. The van der Waals surface area contributed by atoms with E-state index in [-0.39, 0.29) is 11.9 Å². The van der Waals surface area contributed by atoms with E-state index in [0.717, 1.165) is 38.6 Å². The number of hydrogen-bond donors (Lipinski definition) is 1. The molecule has 2 unspecified atom stereocenters. The van der Waals surface area contributed by atoms with Gasteiger partial charge < -0.3 is 14.8 Å². The van der Waals surface area contributed by atoms with E-state index in [2.05, 4.69) is 25.2 Å². The maximum Gasteiger partial charge on any atom is 0.261 e. The fourth-order valence-corrected chi connectivity index (χ4v) is 3.56. The summed E-state index contributed by atoms with van der Waals surface area (Å²) in [6, 6.07) is 7.72. The van der Waals surface area contributed by atoms with E-state index in [0.29, 0.717) is 11.7 Å². The van der Waals surface area contributed by atoms with E-state index in [4.69, 9.17) is 21.1 Å². The fourth-order valence-electron chi connectivity index (χ4n) is 3.45. The van der Waals surface area contributed by atoms with Crippen LogP contribution in [-0.4, -0.2) is 19.1 Å². The second-order valence-electron chi connectivity index (χ2n) is 7.97. The Kier molecular flexibility index (Phi) is 7.59. The molecule has 5 heteroatoms. The number of rotatable bonds is 7. The highest BCUT2D eigenvalue weighted by Gasteiger charge is 2.21. The van der Waals surface area contributed by atoms with Crippen molar-refractivity contribution in [3.8, 4) is 11.5 Å². The molecule has 1 amide bonds. The van der Waals surface area contributed by atoms with Crippen molar-refractivity contribution in [3.05, 3.63) is 57.1 Å². The molecule has 2 rings (SSSR count). The molecule has 158 valence electrons. The highest BCUT2D eigenvalue weighted by Crippen LogP contribution is 2.32. The van der Waals surface area contributed by atoms with Crippen molar-refractivity contribution < 1.29 is 14.3 Å². The van der Waals surface area contributed by atoms with Gasteiger partial charge in [0.05, 0.1) is 13.2 Å². The van der Waals surface area contributed by atoms with Crippen molar-refractivity contribution in [1.29, 1.82) is 0 Å². The monoisotopic (exact) mass is 417 g/mol. The van der Waals surface area contributed by atoms with Gasteiger partial charge in [-0.3, -0.25) is 4.79 Å². The summed E-state index contributed by atoms with van der Waals surface area (Å²) in [5.74, 6) is 1.68. The van der Waals surface area contributed by atoms with Crippen LogP contribution in [0, 0.1) is 20.8 Å². The first-order chi connectivity index (χ1) is 13.5. The zero-order chi connectivity index (χ0) is 21.9. The van der Waals surface area contributed by atoms with E-state index < -0.39 is 6.10 Å². The minimum absolute atomic E-state index is 0.148. The molecular formula is C24H32ClNO3. The van der Waals surface area contributed by atoms with Crippen LogP contribution >= 0.6 is 11.6 Å². The quantitative estimate of drug-likeness (QED) is 0.597. The first kappa shape index (κ1) is 23.1. The molecule has 0 aliphatic rings. The van der Waals surface area contributed by atoms with Gasteiger partial charge in [-0.25, -0.2) is 0 Å². The minimum Gasteiger partial charge on any atom is -0.496 e. The third-order valence-electron chi connectivity index (χ3n) is 5.16. The normalized spacial score (nSPS) is 13.2. The van der Waals surface area contributed by atoms with Gasteiger partial charge in [-0.1, -0.05) is 25.4 Å². The number of aryl methyl sites for hydroxylation is 3. The molecule has 0 aliphatic heterocycles. The van der Waals surface area contributed by atoms with E-state index in [1.54, 1.807) is 14.0 Å². The molecule has 0 saturated heterocycles. The molecule has 0 heterocycles. The third kappa shape index (κ3) is 5.45. The lowest BCUT2D eigenvalue weighted by Gasteiger charge is -2.23. The first-order valence-electron chi connectivity index (χ1n) is 9.97. The molecule has 0 aromatic heterocycles. The van der Waals surface area contributed by atoms with Gasteiger partial charge in [0, 0.05) is 5.02 Å². The fraction of sp³-hybridized carbons (Fsp3) is 0.458. The smallest absolute Gasteiger partial charge is 0.261 e. The molecule has 29 heavy (non-hydrogen) atoms. The molecule has 1 N–H and O–H groups in total. The standard InChI is InChI=1S/C24H32ClNO3/c1-13(2)20-12-21(14(3)11-22(20)28-8)17(6)26-24(27)18(7)29-19-9-15(4)23(25)16(5)10-19/h9-13,17-18H,1-8H3,(H,26,27). The number of halogens is 1. The zero-order valence-corrected chi connectivity index (χ0v) is 19.4. The van der Waals surface area contributed by atoms with Crippen LogP contribution in [0.4, 0.5) is 0 Å². The molecule has 2 atom stereocenters. The van der Waals surface area contributed by atoms with E-state index in [1.807, 2.05) is 45.9 Å². The number of amides is 1. The molecule has 0 radical (unpaired) electrons. The molecule has 0 aliphatic carbocycles. The van der Waals surface area contributed by atoms with Gasteiger partial charge in [0.2, 0.25) is 0 Å². The summed E-state index contributed by atoms with van der Waals surface area (Å²) in [6.45, 7) is 13.9. The number of carbonyl (C=O) groups excluding carboxylic acids is 1. The predicted octanol–water partition coefficient (Wildman–Crippen LogP) is 6.04. The van der Waals surface area contributed by atoms with Crippen LogP contribution in [0.2, 0.25) is 5.02 Å². The number of ether oxygens (including phenoxy) is 2. The highest BCUT2D eigenvalue weighted by molar-refractivity contribution is 6.32. The Balaban J connectivity index is 2.15. The number of carbonyl (C=O) groups is 1. The van der Waals surface area contributed by atoms with Crippen molar-refractivity contribution in [2.45, 2.75) is 66.5 Å².